The summed E-state index contributed by atoms with van der Waals surface area (Å²) in [4.78, 5) is 27.4. The first-order chi connectivity index (χ1) is 15.3. The number of carbonyl (C=O) groups is 2. The first kappa shape index (κ1) is 23.8. The van der Waals surface area contributed by atoms with Crippen molar-refractivity contribution in [3.8, 4) is 5.75 Å². The number of aliphatic hydroxyl groups is 1. The molecule has 1 aliphatic rings. The molecule has 0 spiro atoms. The Bertz CT molecular complexity index is 982. The highest BCUT2D eigenvalue weighted by Gasteiger charge is 2.45. The standard InChI is InChI=1S/C25H28ClNO5/c1-4-31-20-12-8-17(9-13-20)22-21(23(28)18-6-10-19(26)11-7-18)24(29)25(30)27(22)14-5-15-32-16(2)3/h6-13,16,22,28H,4-5,14-15H2,1-3H3/t22-/m0/s1. The fraction of sp³-hybridized carbons (Fsp3) is 0.360. The number of likely N-dealkylation sites (tertiary alicyclic amines) is 1. The van der Waals surface area contributed by atoms with Gasteiger partial charge < -0.3 is 19.5 Å². The number of rotatable bonds is 9. The zero-order valence-corrected chi connectivity index (χ0v) is 19.3. The first-order valence-electron chi connectivity index (χ1n) is 10.7. The van der Waals surface area contributed by atoms with E-state index in [-0.39, 0.29) is 17.4 Å². The second-order valence-electron chi connectivity index (χ2n) is 7.77. The minimum Gasteiger partial charge on any atom is -0.507 e. The molecule has 6 nitrogen and oxygen atoms in total. The van der Waals surface area contributed by atoms with E-state index >= 15 is 0 Å². The van der Waals surface area contributed by atoms with E-state index in [1.165, 1.54) is 4.90 Å². The maximum Gasteiger partial charge on any atom is 0.295 e. The number of hydrogen-bond acceptors (Lipinski definition) is 5. The summed E-state index contributed by atoms with van der Waals surface area (Å²) < 4.78 is 11.1. The zero-order valence-electron chi connectivity index (χ0n) is 18.5. The molecule has 0 bridgehead atoms. The van der Waals surface area contributed by atoms with Crippen molar-refractivity contribution in [1.29, 1.82) is 0 Å². The van der Waals surface area contributed by atoms with Crippen LogP contribution in [0.5, 0.6) is 5.75 Å². The van der Waals surface area contributed by atoms with Crippen molar-refractivity contribution in [1.82, 2.24) is 4.90 Å². The third-order valence-electron chi connectivity index (χ3n) is 5.16. The van der Waals surface area contributed by atoms with Gasteiger partial charge in [0.1, 0.15) is 11.5 Å². The van der Waals surface area contributed by atoms with Crippen molar-refractivity contribution in [2.75, 3.05) is 19.8 Å². The quantitative estimate of drug-likeness (QED) is 0.249. The zero-order chi connectivity index (χ0) is 23.3. The van der Waals surface area contributed by atoms with E-state index < -0.39 is 17.7 Å². The van der Waals surface area contributed by atoms with E-state index in [9.17, 15) is 14.7 Å². The molecule has 1 amide bonds. The Morgan fingerprint density at radius 3 is 2.34 bits per heavy atom. The Morgan fingerprint density at radius 1 is 1.09 bits per heavy atom. The lowest BCUT2D eigenvalue weighted by atomic mass is 9.95. The van der Waals surface area contributed by atoms with Crippen molar-refractivity contribution < 1.29 is 24.2 Å². The van der Waals surface area contributed by atoms with Crippen LogP contribution in [0.15, 0.2) is 54.1 Å². The molecule has 0 aromatic heterocycles. The van der Waals surface area contributed by atoms with Gasteiger partial charge in [0.2, 0.25) is 0 Å². The van der Waals surface area contributed by atoms with E-state index in [1.54, 1.807) is 36.4 Å². The molecule has 32 heavy (non-hydrogen) atoms. The van der Waals surface area contributed by atoms with Crippen molar-refractivity contribution in [2.45, 2.75) is 39.3 Å². The van der Waals surface area contributed by atoms with Crippen LogP contribution in [0, 0.1) is 0 Å². The van der Waals surface area contributed by atoms with Crippen LogP contribution < -0.4 is 4.74 Å². The number of ketones is 1. The van der Waals surface area contributed by atoms with Gasteiger partial charge in [0.05, 0.1) is 24.3 Å². The first-order valence-corrected chi connectivity index (χ1v) is 11.1. The molecular formula is C25H28ClNO5. The summed E-state index contributed by atoms with van der Waals surface area (Å²) in [5.41, 5.74) is 1.20. The molecule has 3 rings (SSSR count). The summed E-state index contributed by atoms with van der Waals surface area (Å²) in [5.74, 6) is -0.874. The van der Waals surface area contributed by atoms with Crippen LogP contribution in [-0.2, 0) is 14.3 Å². The summed E-state index contributed by atoms with van der Waals surface area (Å²) in [6, 6.07) is 13.0. The number of ether oxygens (including phenoxy) is 2. The SMILES string of the molecule is CCOc1ccc([C@H]2C(=C(O)c3ccc(Cl)cc3)C(=O)C(=O)N2CCCOC(C)C)cc1. The van der Waals surface area contributed by atoms with Gasteiger partial charge in [-0.3, -0.25) is 9.59 Å². The molecule has 1 heterocycles. The lowest BCUT2D eigenvalue weighted by Crippen LogP contribution is -2.31. The van der Waals surface area contributed by atoms with Crippen LogP contribution in [0.25, 0.3) is 5.76 Å². The molecule has 7 heteroatoms. The fourth-order valence-electron chi connectivity index (χ4n) is 3.69. The highest BCUT2D eigenvalue weighted by molar-refractivity contribution is 6.46. The number of Topliss-reactive ketones (excluding diaryl/α,β-unsaturated/α-hetero) is 1. The molecule has 0 aliphatic carbocycles. The molecule has 2 aromatic rings. The third kappa shape index (κ3) is 5.31. The van der Waals surface area contributed by atoms with Crippen molar-refractivity contribution in [3.63, 3.8) is 0 Å². The lowest BCUT2D eigenvalue weighted by Gasteiger charge is -2.25. The largest absolute Gasteiger partial charge is 0.507 e. The van der Waals surface area contributed by atoms with Crippen LogP contribution in [-0.4, -0.2) is 47.6 Å². The van der Waals surface area contributed by atoms with Crippen LogP contribution >= 0.6 is 11.6 Å². The molecule has 0 saturated carbocycles. The van der Waals surface area contributed by atoms with Gasteiger partial charge in [-0.15, -0.1) is 0 Å². The van der Waals surface area contributed by atoms with E-state index in [2.05, 4.69) is 0 Å². The second-order valence-corrected chi connectivity index (χ2v) is 8.21. The normalized spacial score (nSPS) is 17.9. The number of amides is 1. The Hall–Kier alpha value is -2.83. The number of hydrogen-bond donors (Lipinski definition) is 1. The predicted octanol–water partition coefficient (Wildman–Crippen LogP) is 4.98. The fourth-order valence-corrected chi connectivity index (χ4v) is 3.81. The van der Waals surface area contributed by atoms with E-state index in [4.69, 9.17) is 21.1 Å². The number of nitrogens with zero attached hydrogens (tertiary/aromatic N) is 1. The average Bonchev–Trinajstić information content (AvgIpc) is 3.02. The number of halogens is 1. The molecule has 0 unspecified atom stereocenters. The topological polar surface area (TPSA) is 76.1 Å². The van der Waals surface area contributed by atoms with Gasteiger partial charge in [0, 0.05) is 23.7 Å². The minimum atomic E-state index is -0.708. The van der Waals surface area contributed by atoms with Gasteiger partial charge in [0.25, 0.3) is 11.7 Å². The Labute approximate surface area is 193 Å². The summed E-state index contributed by atoms with van der Waals surface area (Å²) >= 11 is 5.96. The van der Waals surface area contributed by atoms with Gasteiger partial charge in [-0.1, -0.05) is 23.7 Å². The Balaban J connectivity index is 2.01. The monoisotopic (exact) mass is 457 g/mol. The molecule has 0 radical (unpaired) electrons. The van der Waals surface area contributed by atoms with Gasteiger partial charge in [-0.05, 0) is 69.2 Å². The van der Waals surface area contributed by atoms with Crippen LogP contribution in [0.1, 0.15) is 44.4 Å². The Kier molecular flexibility index (Phi) is 7.94. The maximum atomic E-state index is 13.0. The molecule has 1 aliphatic heterocycles. The number of carbonyl (C=O) groups excluding carboxylic acids is 2. The van der Waals surface area contributed by atoms with Gasteiger partial charge in [-0.25, -0.2) is 0 Å². The maximum absolute atomic E-state index is 13.0. The molecule has 1 saturated heterocycles. The van der Waals surface area contributed by atoms with Gasteiger partial charge >= 0.3 is 0 Å². The van der Waals surface area contributed by atoms with Crippen LogP contribution in [0.4, 0.5) is 0 Å². The van der Waals surface area contributed by atoms with Crippen molar-refractivity contribution in [2.24, 2.45) is 0 Å². The molecule has 1 N–H and O–H groups in total. The minimum absolute atomic E-state index is 0.0614. The van der Waals surface area contributed by atoms with Crippen molar-refractivity contribution >= 4 is 29.1 Å². The van der Waals surface area contributed by atoms with Gasteiger partial charge in [-0.2, -0.15) is 0 Å². The molecule has 170 valence electrons. The van der Waals surface area contributed by atoms with Gasteiger partial charge in [0.15, 0.2) is 0 Å². The highest BCUT2D eigenvalue weighted by atomic mass is 35.5. The second kappa shape index (κ2) is 10.7. The molecule has 2 aromatic carbocycles. The lowest BCUT2D eigenvalue weighted by molar-refractivity contribution is -0.140. The van der Waals surface area contributed by atoms with E-state index in [0.29, 0.717) is 48.1 Å². The summed E-state index contributed by atoms with van der Waals surface area (Å²) in [6.07, 6.45) is 0.650. The predicted molar refractivity (Wildman–Crippen MR) is 124 cm³/mol. The van der Waals surface area contributed by atoms with Crippen LogP contribution in [0.2, 0.25) is 5.02 Å². The molecule has 1 fully saturated rings. The average molecular weight is 458 g/mol. The summed E-state index contributed by atoms with van der Waals surface area (Å²) in [7, 11) is 0. The highest BCUT2D eigenvalue weighted by Crippen LogP contribution is 2.40. The van der Waals surface area contributed by atoms with Crippen molar-refractivity contribution in [3.05, 3.63) is 70.3 Å². The smallest absolute Gasteiger partial charge is 0.295 e. The van der Waals surface area contributed by atoms with E-state index in [1.807, 2.05) is 32.9 Å². The molecular weight excluding hydrogens is 430 g/mol. The van der Waals surface area contributed by atoms with E-state index in [0.717, 1.165) is 0 Å². The molecule has 1 atom stereocenters. The number of benzene rings is 2. The third-order valence-corrected chi connectivity index (χ3v) is 5.41. The Morgan fingerprint density at radius 2 is 1.75 bits per heavy atom. The number of aliphatic hydroxyl groups excluding tert-OH is 1. The van der Waals surface area contributed by atoms with Crippen LogP contribution in [0.3, 0.4) is 0 Å². The summed E-state index contributed by atoms with van der Waals surface area (Å²) in [5, 5.41) is 11.5. The summed E-state index contributed by atoms with van der Waals surface area (Å²) in [6.45, 7) is 7.11.